The first-order valence-electron chi connectivity index (χ1n) is 5.64. The fraction of sp³-hybridized carbons (Fsp3) is 0.385. The standard InChI is InChI=1S/C13H19N3O2/c1-13(2,12(14)18)15-11(17)9-7-5-6-8-10(9)16(3)4/h5-8H,1-4H3,(H2,14,18)(H,15,17). The quantitative estimate of drug-likeness (QED) is 0.826. The molecular weight excluding hydrogens is 230 g/mol. The van der Waals surface area contributed by atoms with E-state index in [1.165, 1.54) is 0 Å². The molecule has 0 fully saturated rings. The Bertz CT molecular complexity index is 467. The van der Waals surface area contributed by atoms with Gasteiger partial charge in [0, 0.05) is 19.8 Å². The zero-order chi connectivity index (χ0) is 13.9. The average Bonchev–Trinajstić information content (AvgIpc) is 2.28. The summed E-state index contributed by atoms with van der Waals surface area (Å²) in [6.45, 7) is 3.15. The highest BCUT2D eigenvalue weighted by molar-refractivity contribution is 6.02. The molecule has 1 aromatic carbocycles. The first-order chi connectivity index (χ1) is 8.25. The average molecular weight is 249 g/mol. The number of para-hydroxylation sites is 1. The van der Waals surface area contributed by atoms with Crippen LogP contribution >= 0.6 is 0 Å². The minimum atomic E-state index is -1.07. The van der Waals surface area contributed by atoms with Gasteiger partial charge in [0.05, 0.1) is 5.56 Å². The van der Waals surface area contributed by atoms with Crippen molar-refractivity contribution in [2.75, 3.05) is 19.0 Å². The molecule has 1 rings (SSSR count). The van der Waals surface area contributed by atoms with E-state index in [0.29, 0.717) is 5.56 Å². The summed E-state index contributed by atoms with van der Waals surface area (Å²) in [6.07, 6.45) is 0. The molecule has 0 spiro atoms. The molecule has 98 valence electrons. The highest BCUT2D eigenvalue weighted by Crippen LogP contribution is 2.18. The second-order valence-corrected chi connectivity index (χ2v) is 4.85. The van der Waals surface area contributed by atoms with E-state index in [4.69, 9.17) is 5.73 Å². The number of nitrogens with zero attached hydrogens (tertiary/aromatic N) is 1. The predicted molar refractivity (Wildman–Crippen MR) is 71.5 cm³/mol. The SMILES string of the molecule is CN(C)c1ccccc1C(=O)NC(C)(C)C(N)=O. The Morgan fingerprint density at radius 2 is 1.78 bits per heavy atom. The monoisotopic (exact) mass is 249 g/mol. The molecule has 3 N–H and O–H groups in total. The van der Waals surface area contributed by atoms with E-state index in [1.807, 2.05) is 31.1 Å². The van der Waals surface area contributed by atoms with Crippen LogP contribution in [-0.2, 0) is 4.79 Å². The topological polar surface area (TPSA) is 75.4 Å². The molecule has 0 aliphatic carbocycles. The van der Waals surface area contributed by atoms with Gasteiger partial charge in [0.25, 0.3) is 5.91 Å². The molecule has 0 radical (unpaired) electrons. The number of primary amides is 1. The van der Waals surface area contributed by atoms with Gasteiger partial charge in [0.1, 0.15) is 5.54 Å². The summed E-state index contributed by atoms with van der Waals surface area (Å²) in [5.74, 6) is -0.888. The molecule has 5 nitrogen and oxygen atoms in total. The summed E-state index contributed by atoms with van der Waals surface area (Å²) in [7, 11) is 3.71. The van der Waals surface area contributed by atoms with E-state index in [1.54, 1.807) is 26.0 Å². The maximum absolute atomic E-state index is 12.1. The van der Waals surface area contributed by atoms with Gasteiger partial charge in [-0.25, -0.2) is 0 Å². The van der Waals surface area contributed by atoms with Crippen molar-refractivity contribution >= 4 is 17.5 Å². The van der Waals surface area contributed by atoms with Gasteiger partial charge in [-0.2, -0.15) is 0 Å². The molecule has 0 saturated carbocycles. The third-order valence-corrected chi connectivity index (χ3v) is 2.67. The number of hydrogen-bond donors (Lipinski definition) is 2. The van der Waals surface area contributed by atoms with Crippen LogP contribution in [0.2, 0.25) is 0 Å². The molecule has 18 heavy (non-hydrogen) atoms. The fourth-order valence-electron chi connectivity index (χ4n) is 1.47. The number of rotatable bonds is 4. The Morgan fingerprint density at radius 1 is 1.22 bits per heavy atom. The molecule has 0 bridgehead atoms. The third kappa shape index (κ3) is 3.00. The zero-order valence-corrected chi connectivity index (χ0v) is 11.2. The number of carbonyl (C=O) groups excluding carboxylic acids is 2. The maximum atomic E-state index is 12.1. The molecule has 0 heterocycles. The lowest BCUT2D eigenvalue weighted by atomic mass is 10.0. The van der Waals surface area contributed by atoms with Crippen molar-refractivity contribution in [2.45, 2.75) is 19.4 Å². The van der Waals surface area contributed by atoms with Crippen molar-refractivity contribution in [1.29, 1.82) is 0 Å². The van der Waals surface area contributed by atoms with Gasteiger partial charge >= 0.3 is 0 Å². The predicted octanol–water partition coefficient (Wildman–Crippen LogP) is 0.746. The van der Waals surface area contributed by atoms with Gasteiger partial charge in [-0.05, 0) is 26.0 Å². The summed E-state index contributed by atoms with van der Waals surface area (Å²) >= 11 is 0. The Balaban J connectivity index is 3.02. The Labute approximate surface area is 107 Å². The molecule has 2 amide bonds. The Hall–Kier alpha value is -2.04. The Morgan fingerprint density at radius 3 is 2.28 bits per heavy atom. The molecule has 0 atom stereocenters. The lowest BCUT2D eigenvalue weighted by Gasteiger charge is -2.24. The van der Waals surface area contributed by atoms with Crippen molar-refractivity contribution in [3.63, 3.8) is 0 Å². The van der Waals surface area contributed by atoms with E-state index in [2.05, 4.69) is 5.32 Å². The lowest BCUT2D eigenvalue weighted by Crippen LogP contribution is -2.53. The van der Waals surface area contributed by atoms with Gasteiger partial charge in [0.15, 0.2) is 0 Å². The van der Waals surface area contributed by atoms with Crippen LogP contribution in [0.1, 0.15) is 24.2 Å². The minimum Gasteiger partial charge on any atom is -0.377 e. The van der Waals surface area contributed by atoms with E-state index in [0.717, 1.165) is 5.69 Å². The summed E-state index contributed by atoms with van der Waals surface area (Å²) in [6, 6.07) is 7.18. The summed E-state index contributed by atoms with van der Waals surface area (Å²) < 4.78 is 0. The van der Waals surface area contributed by atoms with Crippen LogP contribution in [0.4, 0.5) is 5.69 Å². The van der Waals surface area contributed by atoms with Crippen molar-refractivity contribution in [3.8, 4) is 0 Å². The molecule has 1 aromatic rings. The smallest absolute Gasteiger partial charge is 0.254 e. The number of nitrogens with one attached hydrogen (secondary N) is 1. The summed E-state index contributed by atoms with van der Waals surface area (Å²) in [4.78, 5) is 25.2. The van der Waals surface area contributed by atoms with Crippen LogP contribution < -0.4 is 16.0 Å². The summed E-state index contributed by atoms with van der Waals surface area (Å²) in [5.41, 5.74) is 5.46. The van der Waals surface area contributed by atoms with Crippen LogP contribution in [-0.4, -0.2) is 31.4 Å². The number of benzene rings is 1. The van der Waals surface area contributed by atoms with Gasteiger partial charge in [-0.1, -0.05) is 12.1 Å². The molecular formula is C13H19N3O2. The number of hydrogen-bond acceptors (Lipinski definition) is 3. The molecule has 5 heteroatoms. The van der Waals surface area contributed by atoms with Crippen LogP contribution in [0.5, 0.6) is 0 Å². The first-order valence-corrected chi connectivity index (χ1v) is 5.64. The number of amides is 2. The molecule has 0 aliphatic heterocycles. The molecule has 0 aliphatic rings. The molecule has 0 aromatic heterocycles. The minimum absolute atomic E-state index is 0.317. The molecule has 0 unspecified atom stereocenters. The van der Waals surface area contributed by atoms with Gasteiger partial charge < -0.3 is 16.0 Å². The van der Waals surface area contributed by atoms with Crippen molar-refractivity contribution in [1.82, 2.24) is 5.32 Å². The second-order valence-electron chi connectivity index (χ2n) is 4.85. The number of nitrogens with two attached hydrogens (primary N) is 1. The largest absolute Gasteiger partial charge is 0.377 e. The van der Waals surface area contributed by atoms with Crippen LogP contribution in [0.3, 0.4) is 0 Å². The van der Waals surface area contributed by atoms with Crippen molar-refractivity contribution in [3.05, 3.63) is 29.8 Å². The zero-order valence-electron chi connectivity index (χ0n) is 11.2. The van der Waals surface area contributed by atoms with Crippen molar-refractivity contribution in [2.24, 2.45) is 5.73 Å². The molecule has 0 saturated heterocycles. The van der Waals surface area contributed by atoms with Crippen molar-refractivity contribution < 1.29 is 9.59 Å². The fourth-order valence-corrected chi connectivity index (χ4v) is 1.47. The first kappa shape index (κ1) is 14.0. The van der Waals surface area contributed by atoms with Gasteiger partial charge in [-0.15, -0.1) is 0 Å². The lowest BCUT2D eigenvalue weighted by molar-refractivity contribution is -0.122. The van der Waals surface area contributed by atoms with Crippen LogP contribution in [0, 0.1) is 0 Å². The highest BCUT2D eigenvalue weighted by atomic mass is 16.2. The number of anilines is 1. The van der Waals surface area contributed by atoms with E-state index < -0.39 is 11.4 Å². The third-order valence-electron chi connectivity index (χ3n) is 2.67. The van der Waals surface area contributed by atoms with Gasteiger partial charge in [0.2, 0.25) is 5.91 Å². The van der Waals surface area contributed by atoms with E-state index >= 15 is 0 Å². The van der Waals surface area contributed by atoms with E-state index in [9.17, 15) is 9.59 Å². The normalized spacial score (nSPS) is 10.9. The summed E-state index contributed by atoms with van der Waals surface area (Å²) in [5, 5.41) is 2.63. The van der Waals surface area contributed by atoms with Crippen LogP contribution in [0.25, 0.3) is 0 Å². The van der Waals surface area contributed by atoms with Crippen LogP contribution in [0.15, 0.2) is 24.3 Å². The number of carbonyl (C=O) groups is 2. The Kier molecular flexibility index (Phi) is 3.96. The maximum Gasteiger partial charge on any atom is 0.254 e. The highest BCUT2D eigenvalue weighted by Gasteiger charge is 2.28. The van der Waals surface area contributed by atoms with Gasteiger partial charge in [-0.3, -0.25) is 9.59 Å². The van der Waals surface area contributed by atoms with E-state index in [-0.39, 0.29) is 5.91 Å². The second kappa shape index (κ2) is 5.08.